The molecule has 0 saturated heterocycles. The number of carbonyl (C=O) groups excluding carboxylic acids is 1. The Morgan fingerprint density at radius 3 is 2.55 bits per heavy atom. The Bertz CT molecular complexity index is 1260. The predicted molar refractivity (Wildman–Crippen MR) is 124 cm³/mol. The molecule has 1 atom stereocenters. The number of hydroxylamine groups is 1. The van der Waals surface area contributed by atoms with E-state index in [9.17, 15) is 9.18 Å². The smallest absolute Gasteiger partial charge is 0.274 e. The Labute approximate surface area is 190 Å². The summed E-state index contributed by atoms with van der Waals surface area (Å²) in [7, 11) is 0. The van der Waals surface area contributed by atoms with Crippen molar-refractivity contribution < 1.29 is 18.8 Å². The molecule has 2 heterocycles. The van der Waals surface area contributed by atoms with Gasteiger partial charge in [-0.25, -0.2) is 19.8 Å². The lowest BCUT2D eigenvalue weighted by molar-refractivity contribution is 0.0364. The topological polar surface area (TPSA) is 85.4 Å². The fourth-order valence-electron chi connectivity index (χ4n) is 3.33. The van der Waals surface area contributed by atoms with E-state index in [1.807, 2.05) is 31.2 Å². The van der Waals surface area contributed by atoms with E-state index in [0.29, 0.717) is 35.0 Å². The SMILES string of the molecule is CCONC(=O)c1ccc([C@H](C)Nc2nccc3ccnc(Oc4cccc(F)c4)c23)cc1. The first-order valence-electron chi connectivity index (χ1n) is 10.5. The normalized spacial score (nSPS) is 11.7. The maximum Gasteiger partial charge on any atom is 0.274 e. The highest BCUT2D eigenvalue weighted by Crippen LogP contribution is 2.33. The number of amides is 1. The van der Waals surface area contributed by atoms with Gasteiger partial charge in [0.15, 0.2) is 0 Å². The lowest BCUT2D eigenvalue weighted by Crippen LogP contribution is -2.23. The highest BCUT2D eigenvalue weighted by atomic mass is 19.1. The summed E-state index contributed by atoms with van der Waals surface area (Å²) >= 11 is 0. The lowest BCUT2D eigenvalue weighted by Gasteiger charge is -2.18. The van der Waals surface area contributed by atoms with E-state index >= 15 is 0 Å². The highest BCUT2D eigenvalue weighted by molar-refractivity contribution is 5.96. The van der Waals surface area contributed by atoms with Crippen LogP contribution in [0.1, 0.15) is 35.8 Å². The van der Waals surface area contributed by atoms with E-state index in [0.717, 1.165) is 10.9 Å². The Hall–Kier alpha value is -4.04. The molecule has 8 heteroatoms. The first-order valence-corrected chi connectivity index (χ1v) is 10.5. The van der Waals surface area contributed by atoms with Gasteiger partial charge in [-0.2, -0.15) is 0 Å². The predicted octanol–water partition coefficient (Wildman–Crippen LogP) is 5.42. The van der Waals surface area contributed by atoms with Gasteiger partial charge in [0.2, 0.25) is 5.88 Å². The van der Waals surface area contributed by atoms with Crippen molar-refractivity contribution in [2.24, 2.45) is 0 Å². The number of aromatic nitrogens is 2. The van der Waals surface area contributed by atoms with Gasteiger partial charge in [0.05, 0.1) is 12.0 Å². The molecule has 0 aliphatic heterocycles. The Kier molecular flexibility index (Phi) is 6.75. The summed E-state index contributed by atoms with van der Waals surface area (Å²) in [5, 5.41) is 4.95. The monoisotopic (exact) mass is 446 g/mol. The molecule has 0 spiro atoms. The molecule has 2 aromatic carbocycles. The standard InChI is InChI=1S/C25H23FN4O3/c1-3-32-30-24(31)19-9-7-17(8-10-19)16(2)29-23-22-18(11-13-27-23)12-14-28-25(22)33-21-6-4-5-20(26)15-21/h4-16H,3H2,1-2H3,(H,27,29)(H,30,31)/t16-/m0/s1. The zero-order chi connectivity index (χ0) is 23.2. The number of carbonyl (C=O) groups is 1. The summed E-state index contributed by atoms with van der Waals surface area (Å²) in [6.07, 6.45) is 3.33. The molecular formula is C25H23FN4O3. The number of anilines is 1. The number of hydrogen-bond donors (Lipinski definition) is 2. The van der Waals surface area contributed by atoms with E-state index in [1.165, 1.54) is 12.1 Å². The molecule has 0 saturated carbocycles. The minimum Gasteiger partial charge on any atom is -0.438 e. The van der Waals surface area contributed by atoms with Gasteiger partial charge in [-0.15, -0.1) is 0 Å². The largest absolute Gasteiger partial charge is 0.438 e. The molecule has 0 aliphatic rings. The summed E-state index contributed by atoms with van der Waals surface area (Å²) < 4.78 is 19.5. The number of hydrogen-bond acceptors (Lipinski definition) is 6. The number of rotatable bonds is 8. The average Bonchev–Trinajstić information content (AvgIpc) is 2.83. The molecular weight excluding hydrogens is 423 g/mol. The summed E-state index contributed by atoms with van der Waals surface area (Å²) in [5.74, 6) is 0.557. The molecule has 4 rings (SSSR count). The van der Waals surface area contributed by atoms with Crippen LogP contribution in [-0.4, -0.2) is 22.5 Å². The van der Waals surface area contributed by atoms with E-state index in [-0.39, 0.29) is 11.9 Å². The van der Waals surface area contributed by atoms with Gasteiger partial charge in [-0.3, -0.25) is 9.63 Å². The van der Waals surface area contributed by atoms with Crippen molar-refractivity contribution in [3.8, 4) is 11.6 Å². The van der Waals surface area contributed by atoms with Crippen molar-refractivity contribution in [2.75, 3.05) is 11.9 Å². The number of benzene rings is 2. The highest BCUT2D eigenvalue weighted by Gasteiger charge is 2.15. The summed E-state index contributed by atoms with van der Waals surface area (Å²) in [5.41, 5.74) is 3.83. The third-order valence-electron chi connectivity index (χ3n) is 4.99. The molecule has 2 N–H and O–H groups in total. The van der Waals surface area contributed by atoms with Gasteiger partial charge in [-0.05, 0) is 61.2 Å². The molecule has 4 aromatic rings. The van der Waals surface area contributed by atoms with E-state index in [2.05, 4.69) is 20.8 Å². The zero-order valence-corrected chi connectivity index (χ0v) is 18.2. The van der Waals surface area contributed by atoms with Crippen LogP contribution in [0.25, 0.3) is 10.8 Å². The first kappa shape index (κ1) is 22.2. The fourth-order valence-corrected chi connectivity index (χ4v) is 3.33. The molecule has 2 aromatic heterocycles. The second kappa shape index (κ2) is 10.1. The van der Waals surface area contributed by atoms with Crippen LogP contribution in [0.4, 0.5) is 10.2 Å². The van der Waals surface area contributed by atoms with Crippen molar-refractivity contribution in [3.63, 3.8) is 0 Å². The molecule has 0 radical (unpaired) electrons. The Balaban J connectivity index is 1.59. The molecule has 0 aliphatic carbocycles. The van der Waals surface area contributed by atoms with Crippen LogP contribution in [-0.2, 0) is 4.84 Å². The molecule has 1 amide bonds. The number of ether oxygens (including phenoxy) is 1. The fraction of sp³-hybridized carbons (Fsp3) is 0.160. The van der Waals surface area contributed by atoms with Gasteiger partial charge < -0.3 is 10.1 Å². The maximum absolute atomic E-state index is 13.6. The van der Waals surface area contributed by atoms with Crippen LogP contribution in [0.2, 0.25) is 0 Å². The average molecular weight is 446 g/mol. The number of fused-ring (bicyclic) bond motifs is 1. The number of nitrogens with one attached hydrogen (secondary N) is 2. The van der Waals surface area contributed by atoms with Gasteiger partial charge in [-0.1, -0.05) is 18.2 Å². The van der Waals surface area contributed by atoms with Crippen molar-refractivity contribution in [1.29, 1.82) is 0 Å². The van der Waals surface area contributed by atoms with E-state index in [1.54, 1.807) is 43.6 Å². The van der Waals surface area contributed by atoms with Crippen molar-refractivity contribution in [3.05, 3.63) is 90.0 Å². The van der Waals surface area contributed by atoms with Crippen LogP contribution in [0.3, 0.4) is 0 Å². The molecule has 0 fully saturated rings. The van der Waals surface area contributed by atoms with Gasteiger partial charge >= 0.3 is 0 Å². The van der Waals surface area contributed by atoms with Crippen LogP contribution in [0.15, 0.2) is 73.1 Å². The summed E-state index contributed by atoms with van der Waals surface area (Å²) in [4.78, 5) is 25.8. The second-order valence-electron chi connectivity index (χ2n) is 7.29. The van der Waals surface area contributed by atoms with Crippen molar-refractivity contribution in [2.45, 2.75) is 19.9 Å². The third-order valence-corrected chi connectivity index (χ3v) is 4.99. The Morgan fingerprint density at radius 2 is 1.82 bits per heavy atom. The molecule has 168 valence electrons. The molecule has 7 nitrogen and oxygen atoms in total. The van der Waals surface area contributed by atoms with Crippen LogP contribution >= 0.6 is 0 Å². The molecule has 0 unspecified atom stereocenters. The minimum absolute atomic E-state index is 0.130. The summed E-state index contributed by atoms with van der Waals surface area (Å²) in [6.45, 7) is 4.17. The van der Waals surface area contributed by atoms with Gasteiger partial charge in [0.25, 0.3) is 5.91 Å². The number of halogens is 1. The Morgan fingerprint density at radius 1 is 1.06 bits per heavy atom. The van der Waals surface area contributed by atoms with Gasteiger partial charge in [0.1, 0.15) is 17.4 Å². The lowest BCUT2D eigenvalue weighted by atomic mass is 10.1. The van der Waals surface area contributed by atoms with E-state index in [4.69, 9.17) is 9.57 Å². The summed E-state index contributed by atoms with van der Waals surface area (Å²) in [6, 6.07) is 16.7. The van der Waals surface area contributed by atoms with Crippen LogP contribution < -0.4 is 15.5 Å². The van der Waals surface area contributed by atoms with Crippen LogP contribution in [0.5, 0.6) is 11.6 Å². The number of pyridine rings is 2. The van der Waals surface area contributed by atoms with Crippen molar-refractivity contribution in [1.82, 2.24) is 15.4 Å². The first-order chi connectivity index (χ1) is 16.0. The quantitative estimate of drug-likeness (QED) is 0.352. The number of nitrogens with zero attached hydrogens (tertiary/aromatic N) is 2. The minimum atomic E-state index is -0.392. The second-order valence-corrected chi connectivity index (χ2v) is 7.29. The maximum atomic E-state index is 13.6. The molecule has 33 heavy (non-hydrogen) atoms. The van der Waals surface area contributed by atoms with E-state index < -0.39 is 5.82 Å². The van der Waals surface area contributed by atoms with Gasteiger partial charge in [0, 0.05) is 30.1 Å². The third kappa shape index (κ3) is 5.24. The van der Waals surface area contributed by atoms with Crippen LogP contribution in [0, 0.1) is 5.82 Å². The van der Waals surface area contributed by atoms with Crippen molar-refractivity contribution >= 4 is 22.5 Å². The zero-order valence-electron chi connectivity index (χ0n) is 18.2. The molecule has 0 bridgehead atoms.